The average molecular weight is 510 g/mol. The smallest absolute Gasteiger partial charge is 0.145 e. The Morgan fingerprint density at radius 1 is 1.17 bits per heavy atom. The molecule has 1 saturated heterocycles. The van der Waals surface area contributed by atoms with Crippen LogP contribution in [0.15, 0.2) is 34.8 Å². The summed E-state index contributed by atoms with van der Waals surface area (Å²) < 4.78 is 7.09. The molecule has 5 atom stereocenters. The molecule has 8 nitrogen and oxygen atoms in total. The summed E-state index contributed by atoms with van der Waals surface area (Å²) in [6.45, 7) is -0.447. The van der Waals surface area contributed by atoms with Gasteiger partial charge in [0.2, 0.25) is 0 Å². The number of nitrogens with zero attached hydrogens (tertiary/aromatic N) is 4. The molecule has 0 radical (unpaired) electrons. The van der Waals surface area contributed by atoms with Crippen LogP contribution in [0, 0.1) is 0 Å². The third-order valence-electron chi connectivity index (χ3n) is 4.53. The van der Waals surface area contributed by atoms with Gasteiger partial charge in [-0.3, -0.25) is 0 Å². The van der Waals surface area contributed by atoms with Gasteiger partial charge in [0, 0.05) is 16.5 Å². The van der Waals surface area contributed by atoms with E-state index in [1.54, 1.807) is 24.5 Å². The minimum absolute atomic E-state index is 0.228. The molecule has 160 valence electrons. The van der Waals surface area contributed by atoms with Crippen LogP contribution >= 0.6 is 57.9 Å². The van der Waals surface area contributed by atoms with Crippen LogP contribution in [0.2, 0.25) is 15.1 Å². The fourth-order valence-corrected chi connectivity index (χ4v) is 5.53. The summed E-state index contributed by atoms with van der Waals surface area (Å²) in [5.74, 6) is 0. The van der Waals surface area contributed by atoms with Crippen LogP contribution in [0.25, 0.3) is 10.7 Å². The molecular formula is C17H15Cl3N4O4S2. The molecule has 2 aromatic heterocycles. The van der Waals surface area contributed by atoms with Gasteiger partial charge < -0.3 is 20.1 Å². The van der Waals surface area contributed by atoms with Crippen LogP contribution in [0.4, 0.5) is 0 Å². The molecule has 1 fully saturated rings. The van der Waals surface area contributed by atoms with Gasteiger partial charge >= 0.3 is 0 Å². The number of aliphatic hydroxyl groups excluding tert-OH is 3. The number of thioether (sulfide) groups is 1. The van der Waals surface area contributed by atoms with Crippen molar-refractivity contribution in [2.75, 3.05) is 6.61 Å². The van der Waals surface area contributed by atoms with Crippen LogP contribution < -0.4 is 0 Å². The van der Waals surface area contributed by atoms with Crippen molar-refractivity contribution in [3.05, 3.63) is 45.0 Å². The molecule has 1 aromatic carbocycles. The minimum atomic E-state index is -1.22. The largest absolute Gasteiger partial charge is 0.394 e. The molecule has 3 heterocycles. The van der Waals surface area contributed by atoms with E-state index in [1.165, 1.54) is 16.0 Å². The molecule has 13 heteroatoms. The van der Waals surface area contributed by atoms with Gasteiger partial charge in [-0.05, 0) is 12.1 Å². The number of aliphatic hydroxyl groups is 3. The average Bonchev–Trinajstić information content (AvgIpc) is 3.40. The lowest BCUT2D eigenvalue weighted by molar-refractivity contribution is -0.178. The lowest BCUT2D eigenvalue weighted by Crippen LogP contribution is -2.55. The van der Waals surface area contributed by atoms with Crippen molar-refractivity contribution in [1.82, 2.24) is 20.0 Å². The Hall–Kier alpha value is -0.950. The lowest BCUT2D eigenvalue weighted by Gasteiger charge is -2.41. The molecule has 0 saturated carbocycles. The number of aromatic nitrogens is 4. The Balaban J connectivity index is 1.62. The standard InChI is InChI=1S/C17H15Cl3N4O4S2/c18-8-3-7(4-9(19)12(8)20)30-17-15(27)13(14(26)11(6-25)28-17)24-5-10(22-23-24)16-21-1-2-29-16/h1-5,11,13-15,17,25-27H,6H2. The molecule has 0 bridgehead atoms. The minimum Gasteiger partial charge on any atom is -0.394 e. The maximum absolute atomic E-state index is 11.0. The highest BCUT2D eigenvalue weighted by molar-refractivity contribution is 7.99. The first kappa shape index (κ1) is 22.3. The van der Waals surface area contributed by atoms with Gasteiger partial charge in [0.15, 0.2) is 0 Å². The predicted octanol–water partition coefficient (Wildman–Crippen LogP) is 3.13. The van der Waals surface area contributed by atoms with E-state index in [9.17, 15) is 15.3 Å². The first-order valence-corrected chi connectivity index (χ1v) is 11.5. The van der Waals surface area contributed by atoms with Crippen LogP contribution in [-0.4, -0.2) is 65.7 Å². The first-order valence-electron chi connectivity index (χ1n) is 8.64. The van der Waals surface area contributed by atoms with Crippen molar-refractivity contribution >= 4 is 57.9 Å². The van der Waals surface area contributed by atoms with Gasteiger partial charge in [0.1, 0.15) is 40.5 Å². The van der Waals surface area contributed by atoms with Gasteiger partial charge in [-0.2, -0.15) is 0 Å². The Kier molecular flexibility index (Phi) is 6.88. The zero-order valence-electron chi connectivity index (χ0n) is 15.0. The van der Waals surface area contributed by atoms with E-state index < -0.39 is 36.4 Å². The highest BCUT2D eigenvalue weighted by atomic mass is 35.5. The molecule has 0 spiro atoms. The number of hydrogen-bond donors (Lipinski definition) is 3. The summed E-state index contributed by atoms with van der Waals surface area (Å²) in [5, 5.41) is 42.7. The van der Waals surface area contributed by atoms with E-state index in [0.29, 0.717) is 15.6 Å². The van der Waals surface area contributed by atoms with Crippen molar-refractivity contribution in [2.24, 2.45) is 0 Å². The van der Waals surface area contributed by atoms with Crippen molar-refractivity contribution in [2.45, 2.75) is 34.7 Å². The lowest BCUT2D eigenvalue weighted by atomic mass is 9.97. The summed E-state index contributed by atoms with van der Waals surface area (Å²) >= 11 is 20.7. The quantitative estimate of drug-likeness (QED) is 0.450. The Bertz CT molecular complexity index is 999. The molecule has 4 rings (SSSR count). The number of ether oxygens (including phenoxy) is 1. The summed E-state index contributed by atoms with van der Waals surface area (Å²) in [6, 6.07) is 2.29. The van der Waals surface area contributed by atoms with Crippen LogP contribution in [-0.2, 0) is 4.74 Å². The molecule has 5 unspecified atom stereocenters. The number of halogens is 3. The fourth-order valence-electron chi connectivity index (χ4n) is 3.08. The van der Waals surface area contributed by atoms with E-state index in [-0.39, 0.29) is 15.1 Å². The molecule has 0 aliphatic carbocycles. The monoisotopic (exact) mass is 508 g/mol. The molecule has 30 heavy (non-hydrogen) atoms. The zero-order chi connectivity index (χ0) is 21.4. The highest BCUT2D eigenvalue weighted by Gasteiger charge is 2.46. The fraction of sp³-hybridized carbons (Fsp3) is 0.353. The van der Waals surface area contributed by atoms with Crippen molar-refractivity contribution in [3.8, 4) is 10.7 Å². The summed E-state index contributed by atoms with van der Waals surface area (Å²) in [7, 11) is 0. The van der Waals surface area contributed by atoms with E-state index in [1.807, 2.05) is 5.38 Å². The summed E-state index contributed by atoms with van der Waals surface area (Å²) in [5.41, 5.74) is -0.340. The highest BCUT2D eigenvalue weighted by Crippen LogP contribution is 2.41. The van der Waals surface area contributed by atoms with Crippen LogP contribution in [0.5, 0.6) is 0 Å². The van der Waals surface area contributed by atoms with Gasteiger partial charge in [0.25, 0.3) is 0 Å². The van der Waals surface area contributed by atoms with Crippen LogP contribution in [0.1, 0.15) is 6.04 Å². The van der Waals surface area contributed by atoms with Crippen molar-refractivity contribution in [1.29, 1.82) is 0 Å². The van der Waals surface area contributed by atoms with E-state index in [2.05, 4.69) is 15.3 Å². The SMILES string of the molecule is OCC1OC(Sc2cc(Cl)c(Cl)c(Cl)c2)C(O)C(n2cc(-c3nccs3)nn2)C1O. The zero-order valence-corrected chi connectivity index (χ0v) is 18.9. The summed E-state index contributed by atoms with van der Waals surface area (Å²) in [4.78, 5) is 4.79. The Morgan fingerprint density at radius 3 is 2.53 bits per heavy atom. The maximum atomic E-state index is 11.0. The molecule has 3 N–H and O–H groups in total. The molecule has 1 aliphatic rings. The molecule has 3 aromatic rings. The number of hydrogen-bond acceptors (Lipinski definition) is 9. The first-order chi connectivity index (χ1) is 14.4. The summed E-state index contributed by atoms with van der Waals surface area (Å²) in [6.07, 6.45) is -0.111. The van der Waals surface area contributed by atoms with Gasteiger partial charge in [-0.15, -0.1) is 16.4 Å². The normalized spacial score (nSPS) is 26.8. The predicted molar refractivity (Wildman–Crippen MR) is 115 cm³/mol. The number of thiazole rings is 1. The second-order valence-electron chi connectivity index (χ2n) is 6.44. The molecule has 0 amide bonds. The van der Waals surface area contributed by atoms with Crippen molar-refractivity contribution < 1.29 is 20.1 Å². The molecular weight excluding hydrogens is 495 g/mol. The number of benzene rings is 1. The Morgan fingerprint density at radius 2 is 1.90 bits per heavy atom. The van der Waals surface area contributed by atoms with E-state index in [0.717, 1.165) is 11.8 Å². The van der Waals surface area contributed by atoms with Crippen LogP contribution in [0.3, 0.4) is 0 Å². The number of rotatable bonds is 5. The Labute approximate surface area is 194 Å². The van der Waals surface area contributed by atoms with Gasteiger partial charge in [0.05, 0.1) is 27.9 Å². The maximum Gasteiger partial charge on any atom is 0.145 e. The third-order valence-corrected chi connectivity index (χ3v) is 7.65. The third kappa shape index (κ3) is 4.34. The van der Waals surface area contributed by atoms with E-state index >= 15 is 0 Å². The van der Waals surface area contributed by atoms with Gasteiger partial charge in [-0.1, -0.05) is 51.8 Å². The topological polar surface area (TPSA) is 114 Å². The molecule has 1 aliphatic heterocycles. The second kappa shape index (κ2) is 9.27. The second-order valence-corrected chi connectivity index (χ2v) is 9.70. The van der Waals surface area contributed by atoms with Gasteiger partial charge in [-0.25, -0.2) is 9.67 Å². The van der Waals surface area contributed by atoms with E-state index in [4.69, 9.17) is 39.5 Å². The van der Waals surface area contributed by atoms with Crippen molar-refractivity contribution in [3.63, 3.8) is 0 Å².